The first-order chi connectivity index (χ1) is 21.4. The van der Waals surface area contributed by atoms with Gasteiger partial charge >= 0.3 is 0 Å². The molecule has 0 aromatic heterocycles. The Hall–Kier alpha value is -0.640. The Kier molecular flexibility index (Phi) is 32.2. The third-order valence-corrected chi connectivity index (χ3v) is 9.08. The van der Waals surface area contributed by atoms with Crippen LogP contribution in [0.15, 0.2) is 24.3 Å². The van der Waals surface area contributed by atoms with Gasteiger partial charge in [0.05, 0.1) is 12.2 Å². The van der Waals surface area contributed by atoms with Gasteiger partial charge in [0, 0.05) is 26.3 Å². The van der Waals surface area contributed by atoms with Crippen LogP contribution < -0.4 is 5.32 Å². The topological polar surface area (TPSA) is 30.5 Å². The zero-order valence-electron chi connectivity index (χ0n) is 29.4. The molecular formula is C40H77NO2. The molecule has 0 radical (unpaired) electrons. The molecule has 0 aromatic carbocycles. The summed E-state index contributed by atoms with van der Waals surface area (Å²) in [4.78, 5) is 0. The second-order valence-corrected chi connectivity index (χ2v) is 13.4. The molecule has 43 heavy (non-hydrogen) atoms. The average Bonchev–Trinajstić information content (AvgIpc) is 3.47. The van der Waals surface area contributed by atoms with Gasteiger partial charge < -0.3 is 14.8 Å². The van der Waals surface area contributed by atoms with Gasteiger partial charge in [-0.05, 0) is 64.2 Å². The lowest BCUT2D eigenvalue weighted by atomic mass is 10.1. The monoisotopic (exact) mass is 604 g/mol. The highest BCUT2D eigenvalue weighted by atomic mass is 16.5. The third-order valence-electron chi connectivity index (χ3n) is 9.08. The number of hydrogen-bond acceptors (Lipinski definition) is 3. The van der Waals surface area contributed by atoms with E-state index in [0.717, 1.165) is 26.3 Å². The largest absolute Gasteiger partial charge is 0.374 e. The van der Waals surface area contributed by atoms with Gasteiger partial charge in [-0.3, -0.25) is 0 Å². The van der Waals surface area contributed by atoms with Gasteiger partial charge in [-0.15, -0.1) is 0 Å². The van der Waals surface area contributed by atoms with E-state index in [0.29, 0.717) is 0 Å². The van der Waals surface area contributed by atoms with Crippen molar-refractivity contribution in [3.05, 3.63) is 24.3 Å². The Bertz CT molecular complexity index is 539. The fourth-order valence-corrected chi connectivity index (χ4v) is 6.13. The lowest BCUT2D eigenvalue weighted by molar-refractivity contribution is -0.0481. The molecular weight excluding hydrogens is 526 g/mol. The summed E-state index contributed by atoms with van der Waals surface area (Å²) in [6.07, 6.45) is 48.0. The van der Waals surface area contributed by atoms with Gasteiger partial charge in [-0.2, -0.15) is 0 Å². The molecule has 0 spiro atoms. The van der Waals surface area contributed by atoms with Crippen molar-refractivity contribution in [2.45, 2.75) is 206 Å². The van der Waals surface area contributed by atoms with E-state index in [-0.39, 0.29) is 12.2 Å². The molecule has 0 aromatic rings. The second-order valence-electron chi connectivity index (χ2n) is 13.4. The molecule has 0 aliphatic carbocycles. The fraction of sp³-hybridized carbons (Fsp3) is 0.900. The molecule has 0 amide bonds. The Morgan fingerprint density at radius 3 is 1.00 bits per heavy atom. The normalized spacial score (nSPS) is 17.3. The van der Waals surface area contributed by atoms with Crippen molar-refractivity contribution in [2.24, 2.45) is 0 Å². The van der Waals surface area contributed by atoms with Crippen molar-refractivity contribution in [2.75, 3.05) is 26.3 Å². The predicted octanol–water partition coefficient (Wildman–Crippen LogP) is 12.4. The number of ether oxygens (including phenoxy) is 2. The molecule has 0 bridgehead atoms. The number of nitrogens with one attached hydrogen (secondary N) is 1. The van der Waals surface area contributed by atoms with Crippen LogP contribution in [0.4, 0.5) is 0 Å². The van der Waals surface area contributed by atoms with E-state index in [1.807, 2.05) is 0 Å². The van der Waals surface area contributed by atoms with E-state index in [1.165, 1.54) is 180 Å². The van der Waals surface area contributed by atoms with Crippen molar-refractivity contribution in [1.29, 1.82) is 0 Å². The molecule has 254 valence electrons. The molecule has 2 atom stereocenters. The van der Waals surface area contributed by atoms with Crippen LogP contribution in [0.25, 0.3) is 0 Å². The van der Waals surface area contributed by atoms with E-state index < -0.39 is 0 Å². The highest BCUT2D eigenvalue weighted by Crippen LogP contribution is 2.15. The summed E-state index contributed by atoms with van der Waals surface area (Å²) in [7, 11) is 0. The molecule has 1 heterocycles. The van der Waals surface area contributed by atoms with E-state index in [2.05, 4.69) is 43.5 Å². The van der Waals surface area contributed by atoms with E-state index in [1.54, 1.807) is 0 Å². The van der Waals surface area contributed by atoms with Crippen molar-refractivity contribution < 1.29 is 9.47 Å². The molecule has 0 saturated carbocycles. The summed E-state index contributed by atoms with van der Waals surface area (Å²) in [5.74, 6) is 0. The molecule has 1 aliphatic heterocycles. The summed E-state index contributed by atoms with van der Waals surface area (Å²) in [6.45, 7) is 8.26. The standard InChI is InChI=1S/C40H77NO2/c1-3-5-7-9-11-13-15-17-19-21-23-25-27-29-31-33-35-42-39-37-41-38-40(39)43-36-34-32-30-28-26-24-22-20-18-16-14-12-10-8-6-4-2/h13-16,39-41H,3-12,17-38H2,1-2H3/t39-,40?/m1/s1. The number of rotatable bonds is 34. The summed E-state index contributed by atoms with van der Waals surface area (Å²) in [5, 5.41) is 3.48. The van der Waals surface area contributed by atoms with E-state index in [4.69, 9.17) is 9.47 Å². The maximum Gasteiger partial charge on any atom is 0.0973 e. The Morgan fingerprint density at radius 1 is 0.395 bits per heavy atom. The lowest BCUT2D eigenvalue weighted by Gasteiger charge is -2.20. The van der Waals surface area contributed by atoms with E-state index in [9.17, 15) is 0 Å². The van der Waals surface area contributed by atoms with E-state index >= 15 is 0 Å². The third kappa shape index (κ3) is 28.6. The summed E-state index contributed by atoms with van der Waals surface area (Å²) in [5.41, 5.74) is 0. The molecule has 1 aliphatic rings. The van der Waals surface area contributed by atoms with Crippen LogP contribution in [0.5, 0.6) is 0 Å². The second kappa shape index (κ2) is 34.2. The minimum atomic E-state index is 0.251. The average molecular weight is 604 g/mol. The van der Waals surface area contributed by atoms with Crippen LogP contribution >= 0.6 is 0 Å². The Morgan fingerprint density at radius 2 is 0.674 bits per heavy atom. The quantitative estimate of drug-likeness (QED) is 0.0586. The van der Waals surface area contributed by atoms with Gasteiger partial charge in [0.15, 0.2) is 0 Å². The van der Waals surface area contributed by atoms with Crippen LogP contribution in [0.2, 0.25) is 0 Å². The van der Waals surface area contributed by atoms with Crippen LogP contribution in [-0.2, 0) is 9.47 Å². The van der Waals surface area contributed by atoms with Crippen LogP contribution in [0.1, 0.15) is 194 Å². The van der Waals surface area contributed by atoms with Crippen molar-refractivity contribution in [3.63, 3.8) is 0 Å². The zero-order chi connectivity index (χ0) is 30.7. The summed E-state index contributed by atoms with van der Waals surface area (Å²) < 4.78 is 12.4. The molecule has 1 N–H and O–H groups in total. The van der Waals surface area contributed by atoms with Crippen molar-refractivity contribution in [3.8, 4) is 0 Å². The maximum atomic E-state index is 6.22. The minimum absolute atomic E-state index is 0.251. The highest BCUT2D eigenvalue weighted by molar-refractivity contribution is 4.83. The fourth-order valence-electron chi connectivity index (χ4n) is 6.13. The van der Waals surface area contributed by atoms with Gasteiger partial charge in [-0.1, -0.05) is 154 Å². The molecule has 1 saturated heterocycles. The number of hydrogen-bond donors (Lipinski definition) is 1. The van der Waals surface area contributed by atoms with Crippen LogP contribution in [0, 0.1) is 0 Å². The van der Waals surface area contributed by atoms with Crippen molar-refractivity contribution >= 4 is 0 Å². The predicted molar refractivity (Wildman–Crippen MR) is 191 cm³/mol. The van der Waals surface area contributed by atoms with Crippen LogP contribution in [0.3, 0.4) is 0 Å². The van der Waals surface area contributed by atoms with Gasteiger partial charge in [0.1, 0.15) is 0 Å². The highest BCUT2D eigenvalue weighted by Gasteiger charge is 2.28. The zero-order valence-corrected chi connectivity index (χ0v) is 29.4. The van der Waals surface area contributed by atoms with Gasteiger partial charge in [0.25, 0.3) is 0 Å². The van der Waals surface area contributed by atoms with Crippen LogP contribution in [-0.4, -0.2) is 38.5 Å². The van der Waals surface area contributed by atoms with Gasteiger partial charge in [-0.25, -0.2) is 0 Å². The first-order valence-corrected chi connectivity index (χ1v) is 19.6. The number of unbranched alkanes of at least 4 members (excludes halogenated alkanes) is 24. The molecule has 1 rings (SSSR count). The molecule has 3 heteroatoms. The minimum Gasteiger partial charge on any atom is -0.374 e. The molecule has 1 unspecified atom stereocenters. The molecule has 1 fully saturated rings. The van der Waals surface area contributed by atoms with Crippen molar-refractivity contribution in [1.82, 2.24) is 5.32 Å². The Labute approximate surface area is 270 Å². The smallest absolute Gasteiger partial charge is 0.0973 e. The molecule has 3 nitrogen and oxygen atoms in total. The Balaban J connectivity index is 1.81. The SMILES string of the molecule is CCCCCCC=CCCCCCCCCCCOC1CNC[C@H]1OCCCCCCCCCCC=CCCCCCC. The lowest BCUT2D eigenvalue weighted by Crippen LogP contribution is -2.30. The van der Waals surface area contributed by atoms with Gasteiger partial charge in [0.2, 0.25) is 0 Å². The summed E-state index contributed by atoms with van der Waals surface area (Å²) >= 11 is 0. The number of allylic oxidation sites excluding steroid dienone is 4. The maximum absolute atomic E-state index is 6.22. The first-order valence-electron chi connectivity index (χ1n) is 19.6. The first kappa shape index (κ1) is 40.4. The summed E-state index contributed by atoms with van der Waals surface area (Å²) in [6, 6.07) is 0.